The number of anilines is 1. The number of sulfonamides is 1. The highest BCUT2D eigenvalue weighted by Gasteiger charge is 2.30. The van der Waals surface area contributed by atoms with Gasteiger partial charge in [0.05, 0.1) is 10.9 Å². The summed E-state index contributed by atoms with van der Waals surface area (Å²) in [7, 11) is -2.21. The molecule has 1 aliphatic rings. The fourth-order valence-electron chi connectivity index (χ4n) is 2.68. The number of benzene rings is 1. The van der Waals surface area contributed by atoms with Gasteiger partial charge in [0.25, 0.3) is 0 Å². The van der Waals surface area contributed by atoms with E-state index in [1.165, 1.54) is 13.1 Å². The molecule has 1 aromatic heterocycles. The maximum Gasteiger partial charge on any atom is 0.245 e. The highest BCUT2D eigenvalue weighted by atomic mass is 32.2. The van der Waals surface area contributed by atoms with Gasteiger partial charge in [0.1, 0.15) is 5.82 Å². The lowest BCUT2D eigenvalue weighted by Gasteiger charge is -2.15. The Hall–Kier alpha value is -2.29. The van der Waals surface area contributed by atoms with E-state index in [0.29, 0.717) is 29.9 Å². The number of pyridine rings is 1. The summed E-state index contributed by atoms with van der Waals surface area (Å²) in [6.07, 6.45) is 2.17. The second kappa shape index (κ2) is 6.31. The fourth-order valence-corrected chi connectivity index (χ4v) is 3.64. The van der Waals surface area contributed by atoms with Crippen LogP contribution in [0.1, 0.15) is 6.42 Å². The van der Waals surface area contributed by atoms with E-state index >= 15 is 0 Å². The standard InChI is InChI=1S/C16H18N4O3S/c1-18-24(22,23)14-5-3-2-4-12(14)11-6-7-15(19-10-11)20-9-8-13(17)16(20)21/h2-7,10,13,18H,8-9,17H2,1H3/t13-/m0/s1. The van der Waals surface area contributed by atoms with Crippen LogP contribution in [0.25, 0.3) is 11.1 Å². The topological polar surface area (TPSA) is 105 Å². The third-order valence-corrected chi connectivity index (χ3v) is 5.50. The molecule has 126 valence electrons. The Balaban J connectivity index is 1.97. The number of nitrogens with two attached hydrogens (primary N) is 1. The van der Waals surface area contributed by atoms with Crippen molar-refractivity contribution in [3.8, 4) is 11.1 Å². The van der Waals surface area contributed by atoms with Crippen LogP contribution in [0.2, 0.25) is 0 Å². The Morgan fingerprint density at radius 1 is 1.25 bits per heavy atom. The summed E-state index contributed by atoms with van der Waals surface area (Å²) < 4.78 is 26.6. The molecular weight excluding hydrogens is 328 g/mol. The molecule has 1 atom stereocenters. The van der Waals surface area contributed by atoms with E-state index in [9.17, 15) is 13.2 Å². The first-order valence-corrected chi connectivity index (χ1v) is 8.98. The van der Waals surface area contributed by atoms with Gasteiger partial charge in [0, 0.05) is 23.9 Å². The van der Waals surface area contributed by atoms with Crippen LogP contribution < -0.4 is 15.4 Å². The Kier molecular flexibility index (Phi) is 4.35. The molecule has 8 heteroatoms. The van der Waals surface area contributed by atoms with Crippen LogP contribution in [-0.2, 0) is 14.8 Å². The Morgan fingerprint density at radius 2 is 2.00 bits per heavy atom. The van der Waals surface area contributed by atoms with Gasteiger partial charge in [-0.25, -0.2) is 18.1 Å². The van der Waals surface area contributed by atoms with E-state index in [1.807, 2.05) is 0 Å². The molecule has 0 spiro atoms. The van der Waals surface area contributed by atoms with Crippen LogP contribution in [0.3, 0.4) is 0 Å². The number of aromatic nitrogens is 1. The van der Waals surface area contributed by atoms with Crippen LogP contribution in [0.5, 0.6) is 0 Å². The zero-order valence-corrected chi connectivity index (χ0v) is 14.0. The van der Waals surface area contributed by atoms with Gasteiger partial charge < -0.3 is 5.73 Å². The summed E-state index contributed by atoms with van der Waals surface area (Å²) in [4.78, 5) is 18.0. The van der Waals surface area contributed by atoms with Crippen molar-refractivity contribution in [1.29, 1.82) is 0 Å². The number of amides is 1. The van der Waals surface area contributed by atoms with Gasteiger partial charge >= 0.3 is 0 Å². The number of nitrogens with zero attached hydrogens (tertiary/aromatic N) is 2. The molecule has 0 radical (unpaired) electrons. The molecule has 0 unspecified atom stereocenters. The van der Waals surface area contributed by atoms with Gasteiger partial charge in [-0.2, -0.15) is 0 Å². The number of rotatable bonds is 4. The monoisotopic (exact) mass is 346 g/mol. The minimum atomic E-state index is -3.58. The average molecular weight is 346 g/mol. The van der Waals surface area contributed by atoms with Crippen LogP contribution >= 0.6 is 0 Å². The molecule has 1 aromatic carbocycles. The van der Waals surface area contributed by atoms with Crippen LogP contribution in [0.15, 0.2) is 47.5 Å². The van der Waals surface area contributed by atoms with Crippen molar-refractivity contribution in [2.45, 2.75) is 17.4 Å². The highest BCUT2D eigenvalue weighted by Crippen LogP contribution is 2.28. The molecule has 1 fully saturated rings. The first-order valence-electron chi connectivity index (χ1n) is 7.50. The van der Waals surface area contributed by atoms with Crippen molar-refractivity contribution in [2.24, 2.45) is 5.73 Å². The maximum atomic E-state index is 12.2. The number of carbonyl (C=O) groups is 1. The molecule has 3 rings (SSSR count). The lowest BCUT2D eigenvalue weighted by atomic mass is 10.1. The quantitative estimate of drug-likeness (QED) is 0.849. The smallest absolute Gasteiger partial charge is 0.245 e. The molecule has 2 heterocycles. The predicted octanol–water partition coefficient (Wildman–Crippen LogP) is 0.721. The second-order valence-electron chi connectivity index (χ2n) is 5.49. The van der Waals surface area contributed by atoms with Crippen LogP contribution in [0.4, 0.5) is 5.82 Å². The van der Waals surface area contributed by atoms with Gasteiger partial charge in [-0.1, -0.05) is 18.2 Å². The lowest BCUT2D eigenvalue weighted by molar-refractivity contribution is -0.118. The normalized spacial score (nSPS) is 18.2. The molecule has 3 N–H and O–H groups in total. The van der Waals surface area contributed by atoms with E-state index in [2.05, 4.69) is 9.71 Å². The van der Waals surface area contributed by atoms with E-state index < -0.39 is 16.1 Å². The molecule has 2 aromatic rings. The van der Waals surface area contributed by atoms with Crippen LogP contribution in [-0.4, -0.2) is 38.9 Å². The summed E-state index contributed by atoms with van der Waals surface area (Å²) in [6.45, 7) is 0.539. The van der Waals surface area contributed by atoms with E-state index in [-0.39, 0.29) is 10.8 Å². The number of hydrogen-bond acceptors (Lipinski definition) is 5. The van der Waals surface area contributed by atoms with Crippen molar-refractivity contribution >= 4 is 21.7 Å². The molecule has 24 heavy (non-hydrogen) atoms. The number of carbonyl (C=O) groups excluding carboxylic acids is 1. The third kappa shape index (κ3) is 2.91. The zero-order chi connectivity index (χ0) is 17.3. The van der Waals surface area contributed by atoms with Crippen molar-refractivity contribution in [3.05, 3.63) is 42.6 Å². The second-order valence-corrected chi connectivity index (χ2v) is 7.35. The molecule has 1 saturated heterocycles. The third-order valence-electron chi connectivity index (χ3n) is 4.03. The van der Waals surface area contributed by atoms with Gasteiger partial charge in [-0.15, -0.1) is 0 Å². The highest BCUT2D eigenvalue weighted by molar-refractivity contribution is 7.89. The Bertz CT molecular complexity index is 865. The van der Waals surface area contributed by atoms with E-state index in [1.54, 1.807) is 41.4 Å². The van der Waals surface area contributed by atoms with Gasteiger partial charge in [-0.3, -0.25) is 9.69 Å². The summed E-state index contributed by atoms with van der Waals surface area (Å²) in [6, 6.07) is 9.67. The van der Waals surface area contributed by atoms with Crippen LogP contribution in [0, 0.1) is 0 Å². The Labute approximate surface area is 140 Å². The number of hydrogen-bond donors (Lipinski definition) is 2. The van der Waals surface area contributed by atoms with Crippen molar-refractivity contribution in [3.63, 3.8) is 0 Å². The van der Waals surface area contributed by atoms with Gasteiger partial charge in [-0.05, 0) is 31.7 Å². The molecular formula is C16H18N4O3S. The zero-order valence-electron chi connectivity index (χ0n) is 13.1. The summed E-state index contributed by atoms with van der Waals surface area (Å²) in [5, 5.41) is 0. The van der Waals surface area contributed by atoms with Gasteiger partial charge in [0.15, 0.2) is 0 Å². The maximum absolute atomic E-state index is 12.2. The fraction of sp³-hybridized carbons (Fsp3) is 0.250. The Morgan fingerprint density at radius 3 is 2.58 bits per heavy atom. The minimum absolute atomic E-state index is 0.145. The summed E-state index contributed by atoms with van der Waals surface area (Å²) >= 11 is 0. The van der Waals surface area contributed by atoms with E-state index in [0.717, 1.165) is 0 Å². The number of nitrogens with one attached hydrogen (secondary N) is 1. The summed E-state index contributed by atoms with van der Waals surface area (Å²) in [5.41, 5.74) is 6.93. The largest absolute Gasteiger partial charge is 0.320 e. The molecule has 0 bridgehead atoms. The van der Waals surface area contributed by atoms with E-state index in [4.69, 9.17) is 5.73 Å². The lowest BCUT2D eigenvalue weighted by Crippen LogP contribution is -2.34. The first kappa shape index (κ1) is 16.6. The molecule has 0 saturated carbocycles. The predicted molar refractivity (Wildman–Crippen MR) is 90.9 cm³/mol. The van der Waals surface area contributed by atoms with Crippen molar-refractivity contribution in [2.75, 3.05) is 18.5 Å². The average Bonchev–Trinajstić information content (AvgIpc) is 2.94. The van der Waals surface area contributed by atoms with Crippen molar-refractivity contribution in [1.82, 2.24) is 9.71 Å². The minimum Gasteiger partial charge on any atom is -0.320 e. The molecule has 0 aliphatic carbocycles. The van der Waals surface area contributed by atoms with Crippen molar-refractivity contribution < 1.29 is 13.2 Å². The van der Waals surface area contributed by atoms with Gasteiger partial charge in [0.2, 0.25) is 15.9 Å². The SMILES string of the molecule is CNS(=O)(=O)c1ccccc1-c1ccc(N2CC[C@H](N)C2=O)nc1. The molecule has 1 amide bonds. The first-order chi connectivity index (χ1) is 11.4. The molecule has 1 aliphatic heterocycles. The molecule has 7 nitrogen and oxygen atoms in total. The summed E-state index contributed by atoms with van der Waals surface area (Å²) in [5.74, 6) is 0.374.